The first-order valence-corrected chi connectivity index (χ1v) is 6.29. The molecule has 17 heavy (non-hydrogen) atoms. The lowest BCUT2D eigenvalue weighted by atomic mass is 9.76. The summed E-state index contributed by atoms with van der Waals surface area (Å²) in [5, 5.41) is 14.6. The summed E-state index contributed by atoms with van der Waals surface area (Å²) in [7, 11) is 0. The minimum Gasteiger partial charge on any atom is -0.480 e. The highest BCUT2D eigenvalue weighted by molar-refractivity contribution is 5.86. The van der Waals surface area contributed by atoms with Gasteiger partial charge in [0.2, 0.25) is 0 Å². The fraction of sp³-hybridized carbons (Fsp3) is 0.833. The van der Waals surface area contributed by atoms with Gasteiger partial charge in [0.25, 0.3) is 0 Å². The molecule has 1 aliphatic carbocycles. The lowest BCUT2D eigenvalue weighted by Crippen LogP contribution is -2.59. The molecule has 0 saturated heterocycles. The number of aliphatic carboxylic acids is 1. The molecule has 0 aromatic carbocycles. The van der Waals surface area contributed by atoms with Crippen molar-refractivity contribution in [2.75, 3.05) is 6.54 Å². The molecular formula is C12H22N2O3. The number of carboxylic acids is 1. The first-order valence-electron chi connectivity index (χ1n) is 6.29. The molecule has 1 rings (SSSR count). The molecule has 0 aliphatic heterocycles. The van der Waals surface area contributed by atoms with E-state index in [4.69, 9.17) is 0 Å². The third kappa shape index (κ3) is 3.61. The molecule has 0 heterocycles. The molecule has 1 saturated carbocycles. The molecule has 98 valence electrons. The number of nitrogens with one attached hydrogen (secondary N) is 2. The van der Waals surface area contributed by atoms with Gasteiger partial charge in [-0.3, -0.25) is 0 Å². The molecule has 0 aromatic rings. The first kappa shape index (κ1) is 13.8. The summed E-state index contributed by atoms with van der Waals surface area (Å²) in [6, 6.07) is -0.372. The van der Waals surface area contributed by atoms with Crippen LogP contribution < -0.4 is 10.6 Å². The minimum atomic E-state index is -1.07. The lowest BCUT2D eigenvalue weighted by molar-refractivity contribution is -0.146. The van der Waals surface area contributed by atoms with Crippen molar-refractivity contribution in [3.8, 4) is 0 Å². The molecule has 2 atom stereocenters. The van der Waals surface area contributed by atoms with Crippen molar-refractivity contribution in [2.24, 2.45) is 5.92 Å². The molecule has 0 bridgehead atoms. The fourth-order valence-electron chi connectivity index (χ4n) is 2.41. The predicted molar refractivity (Wildman–Crippen MR) is 64.8 cm³/mol. The Kier molecular flexibility index (Phi) is 4.78. The van der Waals surface area contributed by atoms with Crippen LogP contribution in [-0.2, 0) is 4.79 Å². The summed E-state index contributed by atoms with van der Waals surface area (Å²) in [4.78, 5) is 23.0. The van der Waals surface area contributed by atoms with E-state index < -0.39 is 11.5 Å². The van der Waals surface area contributed by atoms with Crippen molar-refractivity contribution in [3.63, 3.8) is 0 Å². The van der Waals surface area contributed by atoms with Gasteiger partial charge >= 0.3 is 12.0 Å². The largest absolute Gasteiger partial charge is 0.480 e. The summed E-state index contributed by atoms with van der Waals surface area (Å²) in [6.45, 7) is 4.55. The van der Waals surface area contributed by atoms with Gasteiger partial charge in [-0.2, -0.15) is 0 Å². The first-order chi connectivity index (χ1) is 8.00. The third-order valence-corrected chi connectivity index (χ3v) is 3.30. The van der Waals surface area contributed by atoms with Gasteiger partial charge in [0.05, 0.1) is 0 Å². The van der Waals surface area contributed by atoms with E-state index in [-0.39, 0.29) is 6.03 Å². The second kappa shape index (κ2) is 5.89. The van der Waals surface area contributed by atoms with Crippen LogP contribution in [-0.4, -0.2) is 29.2 Å². The second-order valence-electron chi connectivity index (χ2n) is 4.97. The molecule has 2 amide bonds. The maximum atomic E-state index is 11.6. The maximum absolute atomic E-state index is 11.6. The van der Waals surface area contributed by atoms with Crippen molar-refractivity contribution < 1.29 is 14.7 Å². The standard InChI is InChI=1S/C12H22N2O3/c1-3-7-13-11(17)14-12(10(15)16)6-4-5-9(2)8-12/h9H,3-8H2,1-2H3,(H,15,16)(H2,13,14,17). The molecular weight excluding hydrogens is 220 g/mol. The molecule has 2 unspecified atom stereocenters. The Morgan fingerprint density at radius 3 is 2.71 bits per heavy atom. The van der Waals surface area contributed by atoms with E-state index in [9.17, 15) is 14.7 Å². The summed E-state index contributed by atoms with van der Waals surface area (Å²) < 4.78 is 0. The minimum absolute atomic E-state index is 0.339. The lowest BCUT2D eigenvalue weighted by Gasteiger charge is -2.36. The Morgan fingerprint density at radius 2 is 2.18 bits per heavy atom. The molecule has 5 nitrogen and oxygen atoms in total. The predicted octanol–water partition coefficient (Wildman–Crippen LogP) is 1.73. The van der Waals surface area contributed by atoms with Crippen LogP contribution in [0.15, 0.2) is 0 Å². The SMILES string of the molecule is CCCNC(=O)NC1(C(=O)O)CCCC(C)C1. The van der Waals surface area contributed by atoms with Crippen LogP contribution in [0.3, 0.4) is 0 Å². The normalized spacial score (nSPS) is 28.5. The number of carbonyl (C=O) groups is 2. The van der Waals surface area contributed by atoms with Crippen molar-refractivity contribution in [2.45, 2.75) is 51.5 Å². The van der Waals surface area contributed by atoms with Gasteiger partial charge < -0.3 is 15.7 Å². The van der Waals surface area contributed by atoms with Gasteiger partial charge in [-0.15, -0.1) is 0 Å². The highest BCUT2D eigenvalue weighted by atomic mass is 16.4. The van der Waals surface area contributed by atoms with Gasteiger partial charge in [-0.1, -0.05) is 26.7 Å². The average molecular weight is 242 g/mol. The quantitative estimate of drug-likeness (QED) is 0.702. The van der Waals surface area contributed by atoms with E-state index in [1.54, 1.807) is 0 Å². The Bertz CT molecular complexity index is 293. The second-order valence-corrected chi connectivity index (χ2v) is 4.97. The number of urea groups is 1. The highest BCUT2D eigenvalue weighted by Crippen LogP contribution is 2.32. The maximum Gasteiger partial charge on any atom is 0.329 e. The smallest absolute Gasteiger partial charge is 0.329 e. The Balaban J connectivity index is 2.65. The van der Waals surface area contributed by atoms with Crippen LogP contribution >= 0.6 is 0 Å². The number of rotatable bonds is 4. The third-order valence-electron chi connectivity index (χ3n) is 3.30. The Labute approximate surface area is 102 Å². The van der Waals surface area contributed by atoms with Gasteiger partial charge in [0, 0.05) is 6.54 Å². The van der Waals surface area contributed by atoms with Crippen molar-refractivity contribution in [1.29, 1.82) is 0 Å². The topological polar surface area (TPSA) is 78.4 Å². The molecule has 0 radical (unpaired) electrons. The van der Waals surface area contributed by atoms with Crippen molar-refractivity contribution in [1.82, 2.24) is 10.6 Å². The highest BCUT2D eigenvalue weighted by Gasteiger charge is 2.43. The van der Waals surface area contributed by atoms with E-state index in [0.717, 1.165) is 19.3 Å². The summed E-state index contributed by atoms with van der Waals surface area (Å²) in [5.74, 6) is -0.581. The zero-order valence-electron chi connectivity index (χ0n) is 10.6. The molecule has 0 spiro atoms. The Hall–Kier alpha value is -1.26. The van der Waals surface area contributed by atoms with Gasteiger partial charge in [0.15, 0.2) is 0 Å². The molecule has 1 aliphatic rings. The summed E-state index contributed by atoms with van der Waals surface area (Å²) in [5.41, 5.74) is -1.07. The van der Waals surface area contributed by atoms with Gasteiger partial charge in [0.1, 0.15) is 5.54 Å². The van der Waals surface area contributed by atoms with Gasteiger partial charge in [-0.05, 0) is 25.2 Å². The number of carbonyl (C=O) groups excluding carboxylic acids is 1. The van der Waals surface area contributed by atoms with E-state index >= 15 is 0 Å². The van der Waals surface area contributed by atoms with Crippen LogP contribution in [0, 0.1) is 5.92 Å². The summed E-state index contributed by atoms with van der Waals surface area (Å²) in [6.07, 6.45) is 3.76. The number of hydrogen-bond donors (Lipinski definition) is 3. The summed E-state index contributed by atoms with van der Waals surface area (Å²) >= 11 is 0. The zero-order valence-corrected chi connectivity index (χ0v) is 10.6. The van der Waals surface area contributed by atoms with Crippen LogP contribution in [0.1, 0.15) is 46.0 Å². The number of carboxylic acid groups (broad SMARTS) is 1. The fourth-order valence-corrected chi connectivity index (χ4v) is 2.41. The zero-order chi connectivity index (χ0) is 12.9. The molecule has 5 heteroatoms. The Morgan fingerprint density at radius 1 is 1.47 bits per heavy atom. The van der Waals surface area contributed by atoms with Crippen LogP contribution in [0.25, 0.3) is 0 Å². The van der Waals surface area contributed by atoms with E-state index in [2.05, 4.69) is 10.6 Å². The van der Waals surface area contributed by atoms with Crippen molar-refractivity contribution >= 4 is 12.0 Å². The monoisotopic (exact) mass is 242 g/mol. The van der Waals surface area contributed by atoms with Crippen LogP contribution in [0.2, 0.25) is 0 Å². The van der Waals surface area contributed by atoms with Gasteiger partial charge in [-0.25, -0.2) is 9.59 Å². The van der Waals surface area contributed by atoms with Crippen LogP contribution in [0.4, 0.5) is 4.79 Å². The molecule has 1 fully saturated rings. The molecule has 0 aromatic heterocycles. The van der Waals surface area contributed by atoms with E-state index in [1.165, 1.54) is 0 Å². The number of hydrogen-bond acceptors (Lipinski definition) is 2. The van der Waals surface area contributed by atoms with E-state index in [0.29, 0.717) is 25.3 Å². The van der Waals surface area contributed by atoms with Crippen LogP contribution in [0.5, 0.6) is 0 Å². The number of amides is 2. The molecule has 3 N–H and O–H groups in total. The van der Waals surface area contributed by atoms with E-state index in [1.807, 2.05) is 13.8 Å². The average Bonchev–Trinajstić information content (AvgIpc) is 2.26. The van der Waals surface area contributed by atoms with Crippen molar-refractivity contribution in [3.05, 3.63) is 0 Å².